The van der Waals surface area contributed by atoms with Crippen LogP contribution in [-0.2, 0) is 17.8 Å². The van der Waals surface area contributed by atoms with Crippen LogP contribution in [0.1, 0.15) is 30.4 Å². The van der Waals surface area contributed by atoms with Crippen LogP contribution >= 0.6 is 0 Å². The van der Waals surface area contributed by atoms with Gasteiger partial charge in [-0.3, -0.25) is 4.79 Å². The van der Waals surface area contributed by atoms with E-state index >= 15 is 0 Å². The van der Waals surface area contributed by atoms with Crippen molar-refractivity contribution in [2.75, 3.05) is 6.54 Å². The highest BCUT2D eigenvalue weighted by Crippen LogP contribution is 2.22. The molecule has 0 aromatic heterocycles. The number of fused-ring (bicyclic) bond motifs is 1. The van der Waals surface area contributed by atoms with Gasteiger partial charge >= 0.3 is 6.18 Å². The van der Waals surface area contributed by atoms with E-state index in [4.69, 9.17) is 0 Å². The van der Waals surface area contributed by atoms with Crippen molar-refractivity contribution in [3.63, 3.8) is 0 Å². The lowest BCUT2D eigenvalue weighted by Gasteiger charge is -2.25. The molecule has 2 rings (SSSR count). The van der Waals surface area contributed by atoms with E-state index in [1.807, 2.05) is 24.3 Å². The summed E-state index contributed by atoms with van der Waals surface area (Å²) in [5.41, 5.74) is 2.33. The molecule has 0 radical (unpaired) electrons. The number of amides is 1. The predicted octanol–water partition coefficient (Wildman–Crippen LogP) is 2.55. The monoisotopic (exact) mass is 300 g/mol. The highest BCUT2D eigenvalue weighted by atomic mass is 19.4. The van der Waals surface area contributed by atoms with Gasteiger partial charge in [0, 0.05) is 19.5 Å². The molecular weight excluding hydrogens is 281 g/mol. The van der Waals surface area contributed by atoms with Gasteiger partial charge < -0.3 is 10.6 Å². The van der Waals surface area contributed by atoms with Gasteiger partial charge in [0.2, 0.25) is 5.91 Å². The molecule has 21 heavy (non-hydrogen) atoms. The number of carbonyl (C=O) groups excluding carboxylic acids is 1. The van der Waals surface area contributed by atoms with Crippen LogP contribution in [0.5, 0.6) is 0 Å². The zero-order valence-corrected chi connectivity index (χ0v) is 11.7. The smallest absolute Gasteiger partial charge is 0.355 e. The lowest BCUT2D eigenvalue weighted by atomic mass is 9.95. The normalized spacial score (nSPS) is 18.1. The van der Waals surface area contributed by atoms with Crippen LogP contribution in [0, 0.1) is 0 Å². The number of alkyl halides is 3. The van der Waals surface area contributed by atoms with Gasteiger partial charge in [0.25, 0.3) is 0 Å². The summed E-state index contributed by atoms with van der Waals surface area (Å²) in [7, 11) is 0. The van der Waals surface area contributed by atoms with E-state index in [1.165, 1.54) is 5.56 Å². The summed E-state index contributed by atoms with van der Waals surface area (Å²) in [4.78, 5) is 12.0. The minimum absolute atomic E-state index is 0.0463. The number of hydrogen-bond acceptors (Lipinski definition) is 2. The fraction of sp³-hybridized carbons (Fsp3) is 0.533. The topological polar surface area (TPSA) is 41.1 Å². The molecule has 1 heterocycles. The van der Waals surface area contributed by atoms with E-state index in [1.54, 1.807) is 0 Å². The van der Waals surface area contributed by atoms with E-state index in [0.717, 1.165) is 5.56 Å². The lowest BCUT2D eigenvalue weighted by Crippen LogP contribution is -2.47. The second-order valence-electron chi connectivity index (χ2n) is 5.27. The van der Waals surface area contributed by atoms with Crippen molar-refractivity contribution in [2.45, 2.75) is 44.4 Å². The van der Waals surface area contributed by atoms with Gasteiger partial charge in [-0.1, -0.05) is 24.3 Å². The van der Waals surface area contributed by atoms with E-state index in [9.17, 15) is 18.0 Å². The van der Waals surface area contributed by atoms with Crippen LogP contribution in [0.15, 0.2) is 24.3 Å². The summed E-state index contributed by atoms with van der Waals surface area (Å²) in [6, 6.07) is 7.62. The molecule has 0 fully saturated rings. The van der Waals surface area contributed by atoms with Crippen LogP contribution in [-0.4, -0.2) is 24.7 Å². The highest BCUT2D eigenvalue weighted by Gasteiger charge is 2.26. The largest absolute Gasteiger partial charge is 0.389 e. The average Bonchev–Trinajstić information content (AvgIpc) is 2.45. The number of nitrogens with one attached hydrogen (secondary N) is 2. The summed E-state index contributed by atoms with van der Waals surface area (Å²) in [6.07, 6.45) is -3.90. The molecule has 0 aliphatic carbocycles. The Morgan fingerprint density at radius 1 is 1.24 bits per heavy atom. The number of carbonyl (C=O) groups is 1. The molecule has 1 aromatic rings. The maximum Gasteiger partial charge on any atom is 0.389 e. The summed E-state index contributed by atoms with van der Waals surface area (Å²) < 4.78 is 35.9. The Hall–Kier alpha value is -1.56. The number of halogens is 3. The second kappa shape index (κ2) is 6.93. The van der Waals surface area contributed by atoms with E-state index in [2.05, 4.69) is 10.6 Å². The Morgan fingerprint density at radius 2 is 1.95 bits per heavy atom. The summed E-state index contributed by atoms with van der Waals surface area (Å²) in [5.74, 6) is -0.142. The third-order valence-electron chi connectivity index (χ3n) is 3.58. The van der Waals surface area contributed by atoms with Gasteiger partial charge in [0.15, 0.2) is 0 Å². The quantitative estimate of drug-likeness (QED) is 0.821. The molecule has 0 bridgehead atoms. The highest BCUT2D eigenvalue weighted by molar-refractivity contribution is 5.82. The number of hydrogen-bond donors (Lipinski definition) is 2. The zero-order chi connectivity index (χ0) is 15.3. The maximum atomic E-state index is 12.0. The zero-order valence-electron chi connectivity index (χ0n) is 11.7. The molecule has 1 aliphatic heterocycles. The molecule has 1 atom stereocenters. The molecule has 0 saturated heterocycles. The molecule has 0 spiro atoms. The van der Waals surface area contributed by atoms with Crippen LogP contribution in [0.4, 0.5) is 13.2 Å². The van der Waals surface area contributed by atoms with Crippen molar-refractivity contribution in [3.8, 4) is 0 Å². The third-order valence-corrected chi connectivity index (χ3v) is 3.58. The van der Waals surface area contributed by atoms with Crippen molar-refractivity contribution in [1.29, 1.82) is 0 Å². The first-order valence-electron chi connectivity index (χ1n) is 7.10. The fourth-order valence-electron chi connectivity index (χ4n) is 2.42. The van der Waals surface area contributed by atoms with Gasteiger partial charge in [0.1, 0.15) is 0 Å². The average molecular weight is 300 g/mol. The minimum atomic E-state index is -4.11. The van der Waals surface area contributed by atoms with Crippen LogP contribution in [0.2, 0.25) is 0 Å². The first-order chi connectivity index (χ1) is 9.96. The summed E-state index contributed by atoms with van der Waals surface area (Å²) in [6.45, 7) is 0.928. The minimum Gasteiger partial charge on any atom is -0.355 e. The molecule has 1 aliphatic rings. The molecule has 0 saturated carbocycles. The van der Waals surface area contributed by atoms with Crippen molar-refractivity contribution in [3.05, 3.63) is 35.4 Å². The first-order valence-corrected chi connectivity index (χ1v) is 7.10. The Labute approximate surface area is 121 Å². The van der Waals surface area contributed by atoms with E-state index < -0.39 is 12.6 Å². The molecule has 6 heteroatoms. The first kappa shape index (κ1) is 15.8. The Morgan fingerprint density at radius 3 is 2.67 bits per heavy atom. The Bertz CT molecular complexity index is 488. The van der Waals surface area contributed by atoms with Crippen molar-refractivity contribution in [1.82, 2.24) is 10.6 Å². The summed E-state index contributed by atoms with van der Waals surface area (Å²) in [5, 5.41) is 5.85. The molecule has 116 valence electrons. The van der Waals surface area contributed by atoms with Crippen molar-refractivity contribution in [2.24, 2.45) is 0 Å². The molecule has 1 aromatic carbocycles. The van der Waals surface area contributed by atoms with Gasteiger partial charge in [-0.15, -0.1) is 0 Å². The molecule has 2 N–H and O–H groups in total. The van der Waals surface area contributed by atoms with Crippen LogP contribution in [0.3, 0.4) is 0 Å². The van der Waals surface area contributed by atoms with Gasteiger partial charge in [-0.05, 0) is 30.4 Å². The molecular formula is C15H19F3N2O. The number of unbranched alkanes of at least 4 members (excludes halogenated alkanes) is 1. The van der Waals surface area contributed by atoms with Crippen molar-refractivity contribution < 1.29 is 18.0 Å². The van der Waals surface area contributed by atoms with E-state index in [0.29, 0.717) is 19.4 Å². The number of rotatable bonds is 5. The third kappa shape index (κ3) is 5.04. The van der Waals surface area contributed by atoms with Gasteiger partial charge in [-0.25, -0.2) is 0 Å². The second-order valence-corrected chi connectivity index (χ2v) is 5.27. The predicted molar refractivity (Wildman–Crippen MR) is 73.7 cm³/mol. The lowest BCUT2D eigenvalue weighted by molar-refractivity contribution is -0.135. The van der Waals surface area contributed by atoms with Crippen LogP contribution < -0.4 is 10.6 Å². The van der Waals surface area contributed by atoms with Crippen molar-refractivity contribution >= 4 is 5.91 Å². The standard InChI is InChI=1S/C15H19F3N2O/c16-15(17,18)7-3-4-8-19-14(21)13-9-11-5-1-2-6-12(11)10-20-13/h1-2,5-6,13,20H,3-4,7-10H2,(H,19,21). The molecule has 1 unspecified atom stereocenters. The summed E-state index contributed by atoms with van der Waals surface area (Å²) >= 11 is 0. The molecule has 3 nitrogen and oxygen atoms in total. The van der Waals surface area contributed by atoms with E-state index in [-0.39, 0.29) is 24.9 Å². The van der Waals surface area contributed by atoms with Gasteiger partial charge in [-0.2, -0.15) is 13.2 Å². The maximum absolute atomic E-state index is 12.0. The van der Waals surface area contributed by atoms with Crippen LogP contribution in [0.25, 0.3) is 0 Å². The molecule has 1 amide bonds. The number of benzene rings is 1. The Balaban J connectivity index is 1.70. The van der Waals surface area contributed by atoms with Gasteiger partial charge in [0.05, 0.1) is 6.04 Å². The Kier molecular flexibility index (Phi) is 5.22. The SMILES string of the molecule is O=C(NCCCCC(F)(F)F)C1Cc2ccccc2CN1. The fourth-order valence-corrected chi connectivity index (χ4v) is 2.42.